The second-order valence-corrected chi connectivity index (χ2v) is 7.93. The fourth-order valence-corrected chi connectivity index (χ4v) is 4.52. The third-order valence-electron chi connectivity index (χ3n) is 5.28. The molecule has 1 aromatic heterocycles. The number of aryl methyl sites for hydroxylation is 1. The first-order valence-corrected chi connectivity index (χ1v) is 9.35. The smallest absolute Gasteiger partial charge is 0.228 e. The molecule has 1 unspecified atom stereocenters. The number of aromatic nitrogens is 2. The van der Waals surface area contributed by atoms with Crippen molar-refractivity contribution in [2.45, 2.75) is 29.3 Å². The summed E-state index contributed by atoms with van der Waals surface area (Å²) in [5.41, 5.74) is 0.685. The number of anilines is 1. The molecular weight excluding hydrogens is 339 g/mol. The zero-order chi connectivity index (χ0) is 17.4. The number of nitrogens with one attached hydrogen (secondary N) is 2. The summed E-state index contributed by atoms with van der Waals surface area (Å²) in [5, 5.41) is 7.10. The van der Waals surface area contributed by atoms with E-state index in [0.717, 1.165) is 42.4 Å². The minimum Gasteiger partial charge on any atom is -0.329 e. The highest BCUT2D eigenvalue weighted by Gasteiger charge is 2.57. The van der Waals surface area contributed by atoms with Crippen molar-refractivity contribution in [3.05, 3.63) is 36.4 Å². The Kier molecular flexibility index (Phi) is 4.29. The molecule has 1 spiro atoms. The summed E-state index contributed by atoms with van der Waals surface area (Å²) in [6, 6.07) is 4.49. The van der Waals surface area contributed by atoms with E-state index in [-0.39, 0.29) is 23.1 Å². The Morgan fingerprint density at radius 3 is 2.96 bits per heavy atom. The van der Waals surface area contributed by atoms with Crippen molar-refractivity contribution >= 4 is 23.4 Å². The monoisotopic (exact) mass is 360 g/mol. The van der Waals surface area contributed by atoms with E-state index >= 15 is 0 Å². The highest BCUT2D eigenvalue weighted by molar-refractivity contribution is 7.99. The van der Waals surface area contributed by atoms with Crippen LogP contribution in [0.15, 0.2) is 40.6 Å². The first-order chi connectivity index (χ1) is 12.1. The molecule has 1 aliphatic heterocycles. The molecule has 2 fully saturated rings. The fraction of sp³-hybridized carbons (Fsp3) is 0.444. The molecular formula is C18H21FN4OS. The van der Waals surface area contributed by atoms with Crippen LogP contribution in [-0.2, 0) is 11.8 Å². The van der Waals surface area contributed by atoms with Gasteiger partial charge in [-0.15, -0.1) is 0 Å². The number of rotatable bonds is 4. The van der Waals surface area contributed by atoms with Crippen molar-refractivity contribution in [2.24, 2.45) is 18.4 Å². The molecule has 5 nitrogen and oxygen atoms in total. The second kappa shape index (κ2) is 6.46. The number of piperidine rings is 1. The molecule has 132 valence electrons. The van der Waals surface area contributed by atoms with Crippen LogP contribution in [0.25, 0.3) is 0 Å². The molecule has 2 aromatic rings. The van der Waals surface area contributed by atoms with Gasteiger partial charge in [0, 0.05) is 30.3 Å². The Labute approximate surface area is 150 Å². The number of nitrogens with zero attached hydrogens (tertiary/aromatic N) is 2. The van der Waals surface area contributed by atoms with Gasteiger partial charge in [0.1, 0.15) is 5.82 Å². The van der Waals surface area contributed by atoms with Gasteiger partial charge in [-0.1, -0.05) is 0 Å². The van der Waals surface area contributed by atoms with E-state index in [1.54, 1.807) is 12.3 Å². The molecule has 7 heteroatoms. The Balaban J connectivity index is 1.51. The Hall–Kier alpha value is -1.86. The van der Waals surface area contributed by atoms with Crippen molar-refractivity contribution in [1.82, 2.24) is 14.9 Å². The van der Waals surface area contributed by atoms with E-state index in [1.165, 1.54) is 23.9 Å². The van der Waals surface area contributed by atoms with Crippen molar-refractivity contribution in [3.8, 4) is 0 Å². The standard InChI is InChI=1S/C18H21FN4OS/c1-23-9-8-21-17(23)25-15-3-2-12(19)10-14(15)22-16(24)13-11-18(13)4-6-20-7-5-18/h2-3,8-10,13,20H,4-7,11H2,1H3,(H,22,24). The lowest BCUT2D eigenvalue weighted by atomic mass is 9.92. The first kappa shape index (κ1) is 16.6. The molecule has 2 aliphatic rings. The Morgan fingerprint density at radius 2 is 2.24 bits per heavy atom. The van der Waals surface area contributed by atoms with Crippen LogP contribution in [0.5, 0.6) is 0 Å². The van der Waals surface area contributed by atoms with Gasteiger partial charge in [0.2, 0.25) is 5.91 Å². The van der Waals surface area contributed by atoms with E-state index < -0.39 is 0 Å². The van der Waals surface area contributed by atoms with Gasteiger partial charge in [-0.25, -0.2) is 9.37 Å². The summed E-state index contributed by atoms with van der Waals surface area (Å²) in [6.45, 7) is 1.95. The van der Waals surface area contributed by atoms with Crippen LogP contribution in [-0.4, -0.2) is 28.5 Å². The molecule has 0 bridgehead atoms. The number of halogens is 1. The summed E-state index contributed by atoms with van der Waals surface area (Å²) in [5.74, 6) is -0.301. The number of benzene rings is 1. The maximum Gasteiger partial charge on any atom is 0.228 e. The molecule has 1 saturated carbocycles. The van der Waals surface area contributed by atoms with Crippen molar-refractivity contribution in [3.63, 3.8) is 0 Å². The van der Waals surface area contributed by atoms with Gasteiger partial charge in [0.15, 0.2) is 5.16 Å². The van der Waals surface area contributed by atoms with Gasteiger partial charge < -0.3 is 15.2 Å². The molecule has 25 heavy (non-hydrogen) atoms. The van der Waals surface area contributed by atoms with Crippen LogP contribution in [0, 0.1) is 17.2 Å². The van der Waals surface area contributed by atoms with E-state index in [4.69, 9.17) is 0 Å². The molecule has 0 radical (unpaired) electrons. The van der Waals surface area contributed by atoms with Crippen LogP contribution < -0.4 is 10.6 Å². The summed E-state index contributed by atoms with van der Waals surface area (Å²) in [6.07, 6.45) is 6.61. The average molecular weight is 360 g/mol. The molecule has 4 rings (SSSR count). The van der Waals surface area contributed by atoms with Crippen molar-refractivity contribution < 1.29 is 9.18 Å². The Morgan fingerprint density at radius 1 is 1.44 bits per heavy atom. The summed E-state index contributed by atoms with van der Waals surface area (Å²) in [4.78, 5) is 17.8. The van der Waals surface area contributed by atoms with Gasteiger partial charge in [-0.3, -0.25) is 4.79 Å². The predicted octanol–water partition coefficient (Wildman–Crippen LogP) is 3.04. The Bertz CT molecular complexity index is 800. The number of carbonyl (C=O) groups excluding carboxylic acids is 1. The summed E-state index contributed by atoms with van der Waals surface area (Å²) < 4.78 is 15.6. The number of carbonyl (C=O) groups is 1. The lowest BCUT2D eigenvalue weighted by Crippen LogP contribution is -2.31. The van der Waals surface area contributed by atoms with Gasteiger partial charge >= 0.3 is 0 Å². The van der Waals surface area contributed by atoms with Crippen molar-refractivity contribution in [1.29, 1.82) is 0 Å². The summed E-state index contributed by atoms with van der Waals surface area (Å²) >= 11 is 1.42. The SMILES string of the molecule is Cn1ccnc1Sc1ccc(F)cc1NC(=O)C1CC12CCNCC2. The number of amides is 1. The van der Waals surface area contributed by atoms with E-state index in [0.29, 0.717) is 5.69 Å². The lowest BCUT2D eigenvalue weighted by molar-refractivity contribution is -0.118. The van der Waals surface area contributed by atoms with Crippen LogP contribution in [0.2, 0.25) is 0 Å². The zero-order valence-corrected chi connectivity index (χ0v) is 14.9. The third kappa shape index (κ3) is 3.30. The maximum atomic E-state index is 13.7. The molecule has 2 heterocycles. The maximum absolute atomic E-state index is 13.7. The van der Waals surface area contributed by atoms with Crippen LogP contribution >= 0.6 is 11.8 Å². The van der Waals surface area contributed by atoms with Gasteiger partial charge in [-0.05, 0) is 67.7 Å². The minimum atomic E-state index is -0.355. The van der Waals surface area contributed by atoms with E-state index in [1.807, 2.05) is 17.8 Å². The third-order valence-corrected chi connectivity index (χ3v) is 6.44. The molecule has 1 aliphatic carbocycles. The van der Waals surface area contributed by atoms with Crippen LogP contribution in [0.4, 0.5) is 10.1 Å². The second-order valence-electron chi connectivity index (χ2n) is 6.92. The summed E-state index contributed by atoms with van der Waals surface area (Å²) in [7, 11) is 1.90. The quantitative estimate of drug-likeness (QED) is 0.880. The number of hydrogen-bond donors (Lipinski definition) is 2. The zero-order valence-electron chi connectivity index (χ0n) is 14.1. The minimum absolute atomic E-state index is 0.00851. The van der Waals surface area contributed by atoms with E-state index in [2.05, 4.69) is 15.6 Å². The largest absolute Gasteiger partial charge is 0.329 e. The van der Waals surface area contributed by atoms with Gasteiger partial charge in [0.25, 0.3) is 0 Å². The predicted molar refractivity (Wildman–Crippen MR) is 95.0 cm³/mol. The fourth-order valence-electron chi connectivity index (χ4n) is 3.65. The first-order valence-electron chi connectivity index (χ1n) is 8.54. The van der Waals surface area contributed by atoms with Crippen LogP contribution in [0.1, 0.15) is 19.3 Å². The molecule has 2 N–H and O–H groups in total. The highest BCUT2D eigenvalue weighted by atomic mass is 32.2. The van der Waals surface area contributed by atoms with Crippen LogP contribution in [0.3, 0.4) is 0 Å². The van der Waals surface area contributed by atoms with E-state index in [9.17, 15) is 9.18 Å². The molecule has 1 aromatic carbocycles. The van der Waals surface area contributed by atoms with Gasteiger partial charge in [0.05, 0.1) is 5.69 Å². The number of hydrogen-bond acceptors (Lipinski definition) is 4. The van der Waals surface area contributed by atoms with Crippen molar-refractivity contribution in [2.75, 3.05) is 18.4 Å². The normalized spacial score (nSPS) is 21.3. The molecule has 1 saturated heterocycles. The van der Waals surface area contributed by atoms with Gasteiger partial charge in [-0.2, -0.15) is 0 Å². The molecule has 1 atom stereocenters. The number of imidazole rings is 1. The topological polar surface area (TPSA) is 59.0 Å². The average Bonchev–Trinajstić information content (AvgIpc) is 3.13. The highest BCUT2D eigenvalue weighted by Crippen LogP contribution is 2.58. The lowest BCUT2D eigenvalue weighted by Gasteiger charge is -2.23. The molecule has 1 amide bonds.